The molecule has 0 fully saturated rings. The number of nitrogens with one attached hydrogen (secondary N) is 3. The second-order valence-electron chi connectivity index (χ2n) is 11.1. The van der Waals surface area contributed by atoms with E-state index in [0.717, 1.165) is 22.4 Å². The average molecular weight is 637 g/mol. The number of ketones is 1. The number of hydrogen-bond acceptors (Lipinski definition) is 8. The molecule has 1 aliphatic carbocycles. The summed E-state index contributed by atoms with van der Waals surface area (Å²) in [5.41, 5.74) is 5.84. The molecule has 0 bridgehead atoms. The molecular weight excluding hydrogens is 596 g/mol. The lowest BCUT2D eigenvalue weighted by Crippen LogP contribution is -2.40. The molecule has 3 amide bonds. The van der Waals surface area contributed by atoms with Gasteiger partial charge in [0, 0.05) is 30.5 Å². The number of urea groups is 1. The predicted octanol–water partition coefficient (Wildman–Crippen LogP) is 5.59. The molecule has 0 saturated heterocycles. The third-order valence-corrected chi connectivity index (χ3v) is 7.45. The van der Waals surface area contributed by atoms with Crippen LogP contribution in [0.15, 0.2) is 94.2 Å². The van der Waals surface area contributed by atoms with Crippen molar-refractivity contribution >= 4 is 52.9 Å². The van der Waals surface area contributed by atoms with Gasteiger partial charge in [-0.3, -0.25) is 14.6 Å². The second-order valence-corrected chi connectivity index (χ2v) is 11.1. The Balaban J connectivity index is 1.61. The van der Waals surface area contributed by atoms with Crippen LogP contribution in [0.2, 0.25) is 0 Å². The van der Waals surface area contributed by atoms with Crippen molar-refractivity contribution in [3.63, 3.8) is 0 Å². The molecule has 0 saturated carbocycles. The topological polar surface area (TPSA) is 145 Å². The van der Waals surface area contributed by atoms with Gasteiger partial charge in [0.2, 0.25) is 5.78 Å². The maximum absolute atomic E-state index is 13.3. The summed E-state index contributed by atoms with van der Waals surface area (Å²) in [5.74, 6) is -0.434. The summed E-state index contributed by atoms with van der Waals surface area (Å²) in [5, 5.41) is 17.5. The Morgan fingerprint density at radius 2 is 1.68 bits per heavy atom. The number of aliphatic imine (C=N–C) groups is 2. The van der Waals surface area contributed by atoms with E-state index in [-0.39, 0.29) is 23.7 Å². The van der Waals surface area contributed by atoms with Crippen LogP contribution in [0.1, 0.15) is 30.5 Å². The zero-order chi connectivity index (χ0) is 34.1. The Kier molecular flexibility index (Phi) is 11.4. The van der Waals surface area contributed by atoms with Gasteiger partial charge in [0.1, 0.15) is 5.75 Å². The lowest BCUT2D eigenvalue weighted by atomic mass is 10.0. The van der Waals surface area contributed by atoms with Crippen LogP contribution in [-0.2, 0) is 9.59 Å². The Morgan fingerprint density at radius 3 is 2.32 bits per heavy atom. The quantitative estimate of drug-likeness (QED) is 0.151. The van der Waals surface area contributed by atoms with E-state index in [1.807, 2.05) is 69.0 Å². The molecule has 3 aromatic carbocycles. The molecule has 0 aliphatic heterocycles. The Morgan fingerprint density at radius 1 is 0.936 bits per heavy atom. The van der Waals surface area contributed by atoms with E-state index in [0.29, 0.717) is 35.9 Å². The van der Waals surface area contributed by atoms with Crippen molar-refractivity contribution in [3.8, 4) is 5.75 Å². The number of aliphatic hydroxyl groups excluding tert-OH is 1. The van der Waals surface area contributed by atoms with Gasteiger partial charge in [-0.15, -0.1) is 0 Å². The molecule has 0 radical (unpaired) electrons. The molecule has 244 valence electrons. The molecule has 4 rings (SSSR count). The van der Waals surface area contributed by atoms with Gasteiger partial charge in [0.15, 0.2) is 6.10 Å². The minimum absolute atomic E-state index is 0.0237. The van der Waals surface area contributed by atoms with Crippen molar-refractivity contribution < 1.29 is 24.2 Å². The molecule has 0 spiro atoms. The van der Waals surface area contributed by atoms with Crippen molar-refractivity contribution in [1.29, 1.82) is 0 Å². The number of carbonyl (C=O) groups excluding carboxylic acids is 3. The smallest absolute Gasteiger partial charge is 0.323 e. The minimum Gasteiger partial charge on any atom is -0.481 e. The van der Waals surface area contributed by atoms with E-state index in [1.54, 1.807) is 31.2 Å². The van der Waals surface area contributed by atoms with Crippen molar-refractivity contribution in [3.05, 3.63) is 101 Å². The summed E-state index contributed by atoms with van der Waals surface area (Å²) in [6, 6.07) is 17.4. The fourth-order valence-corrected chi connectivity index (χ4v) is 4.89. The number of allylic oxidation sites excluding steroid dienone is 2. The Hall–Kier alpha value is -5.55. The highest BCUT2D eigenvalue weighted by Gasteiger charge is 2.25. The van der Waals surface area contributed by atoms with Gasteiger partial charge < -0.3 is 30.7 Å². The van der Waals surface area contributed by atoms with Crippen LogP contribution in [0.4, 0.5) is 27.5 Å². The number of nitrogens with zero attached hydrogens (tertiary/aromatic N) is 3. The lowest BCUT2D eigenvalue weighted by Gasteiger charge is -2.23. The number of anilines is 2. The third kappa shape index (κ3) is 9.01. The van der Waals surface area contributed by atoms with Gasteiger partial charge >= 0.3 is 6.03 Å². The highest BCUT2D eigenvalue weighted by Crippen LogP contribution is 2.27. The average Bonchev–Trinajstić information content (AvgIpc) is 3.04. The van der Waals surface area contributed by atoms with Gasteiger partial charge in [0.05, 0.1) is 35.1 Å². The number of carbonyl (C=O) groups is 3. The monoisotopic (exact) mass is 636 g/mol. The fourth-order valence-electron chi connectivity index (χ4n) is 4.89. The van der Waals surface area contributed by atoms with Gasteiger partial charge in [0.25, 0.3) is 5.91 Å². The molecule has 4 N–H and O–H groups in total. The molecule has 1 unspecified atom stereocenters. The number of amides is 3. The summed E-state index contributed by atoms with van der Waals surface area (Å²) in [4.78, 5) is 50.0. The number of rotatable bonds is 12. The fraction of sp³-hybridized carbons (Fsp3) is 0.250. The van der Waals surface area contributed by atoms with E-state index in [1.165, 1.54) is 12.2 Å². The zero-order valence-electron chi connectivity index (χ0n) is 27.3. The number of ether oxygens (including phenoxy) is 1. The van der Waals surface area contributed by atoms with Gasteiger partial charge in [-0.2, -0.15) is 0 Å². The minimum atomic E-state index is -0.891. The Labute approximate surface area is 274 Å². The van der Waals surface area contributed by atoms with Crippen LogP contribution in [0.25, 0.3) is 0 Å². The first-order valence-corrected chi connectivity index (χ1v) is 15.2. The molecule has 1 atom stereocenters. The highest BCUT2D eigenvalue weighted by atomic mass is 16.5. The molecular formula is C36H40N6O5. The maximum atomic E-state index is 13.3. The summed E-state index contributed by atoms with van der Waals surface area (Å²) in [6.07, 6.45) is 1.76. The van der Waals surface area contributed by atoms with Crippen LogP contribution in [0.5, 0.6) is 5.75 Å². The first kappa shape index (κ1) is 34.3. The normalized spacial score (nSPS) is 14.1. The SMILES string of the molecule is C=Nc1ccc(NC(=O)NC2=CC(=Nc3ccc(N(CC)CCO)cc3C)C(NC(=O)C(C)Oc3ccc(C)cc3C)=CC2=O)cc1. The summed E-state index contributed by atoms with van der Waals surface area (Å²) in [7, 11) is 0. The molecule has 47 heavy (non-hydrogen) atoms. The summed E-state index contributed by atoms with van der Waals surface area (Å²) >= 11 is 0. The van der Waals surface area contributed by atoms with Crippen molar-refractivity contribution in [2.45, 2.75) is 40.7 Å². The summed E-state index contributed by atoms with van der Waals surface area (Å²) in [6.45, 7) is 14.1. The number of benzene rings is 3. The highest BCUT2D eigenvalue weighted by molar-refractivity contribution is 6.24. The van der Waals surface area contributed by atoms with Gasteiger partial charge in [-0.25, -0.2) is 9.79 Å². The van der Waals surface area contributed by atoms with Gasteiger partial charge in [-0.1, -0.05) is 17.7 Å². The van der Waals surface area contributed by atoms with E-state index >= 15 is 0 Å². The largest absolute Gasteiger partial charge is 0.481 e. The van der Waals surface area contributed by atoms with Crippen molar-refractivity contribution in [2.24, 2.45) is 9.98 Å². The van der Waals surface area contributed by atoms with Crippen LogP contribution >= 0.6 is 0 Å². The third-order valence-electron chi connectivity index (χ3n) is 7.45. The van der Waals surface area contributed by atoms with E-state index in [9.17, 15) is 19.5 Å². The molecule has 0 aromatic heterocycles. The van der Waals surface area contributed by atoms with Crippen LogP contribution in [-0.4, -0.2) is 61.1 Å². The first-order valence-electron chi connectivity index (χ1n) is 15.2. The molecule has 3 aromatic rings. The van der Waals surface area contributed by atoms with Crippen molar-refractivity contribution in [1.82, 2.24) is 10.6 Å². The zero-order valence-corrected chi connectivity index (χ0v) is 27.3. The number of likely N-dealkylation sites (N-methyl/N-ethyl adjacent to an activating group) is 1. The van der Waals surface area contributed by atoms with Gasteiger partial charge in [-0.05, 0) is 107 Å². The first-order chi connectivity index (χ1) is 22.5. The molecule has 11 heteroatoms. The number of aryl methyl sites for hydroxylation is 3. The standard InChI is InChI=1S/C36H40N6O5/c1-7-42(16-17-43)28-13-14-29(23(3)19-28)39-30-20-32(41-36(46)38-27-11-9-26(37-6)10-12-27)33(44)21-31(30)40-35(45)25(5)47-34-15-8-22(2)18-24(34)4/h8-15,18-21,25,43H,6-7,16-17H2,1-5H3,(H,40,45)(H2,38,41,46). The Bertz CT molecular complexity index is 1760. The molecule has 11 nitrogen and oxygen atoms in total. The molecule has 0 heterocycles. The van der Waals surface area contributed by atoms with E-state index in [4.69, 9.17) is 9.73 Å². The van der Waals surface area contributed by atoms with Crippen LogP contribution in [0, 0.1) is 20.8 Å². The predicted molar refractivity (Wildman–Crippen MR) is 186 cm³/mol. The number of aliphatic hydroxyl groups is 1. The van der Waals surface area contributed by atoms with E-state index in [2.05, 4.69) is 27.7 Å². The second kappa shape index (κ2) is 15.6. The maximum Gasteiger partial charge on any atom is 0.323 e. The molecule has 1 aliphatic rings. The van der Waals surface area contributed by atoms with Crippen LogP contribution in [0.3, 0.4) is 0 Å². The number of hydrogen-bond donors (Lipinski definition) is 4. The van der Waals surface area contributed by atoms with E-state index < -0.39 is 23.8 Å². The lowest BCUT2D eigenvalue weighted by molar-refractivity contribution is -0.126. The summed E-state index contributed by atoms with van der Waals surface area (Å²) < 4.78 is 5.94. The van der Waals surface area contributed by atoms with Crippen molar-refractivity contribution in [2.75, 3.05) is 29.9 Å². The van der Waals surface area contributed by atoms with Crippen LogP contribution < -0.4 is 25.6 Å².